The van der Waals surface area contributed by atoms with Gasteiger partial charge in [-0.3, -0.25) is 4.79 Å². The lowest BCUT2D eigenvalue weighted by Crippen LogP contribution is -2.54. The standard InChI is InChI=1S/C9H17NO3/c1-5-4-7(11)8(6(2)10-5)9(12)13-3/h5-8,10-11H,4H2,1-3H3. The summed E-state index contributed by atoms with van der Waals surface area (Å²) in [7, 11) is 1.35. The Balaban J connectivity index is 2.66. The van der Waals surface area contributed by atoms with Crippen LogP contribution in [0, 0.1) is 5.92 Å². The Morgan fingerprint density at radius 2 is 2.15 bits per heavy atom. The molecule has 76 valence electrons. The van der Waals surface area contributed by atoms with Gasteiger partial charge >= 0.3 is 5.97 Å². The van der Waals surface area contributed by atoms with Gasteiger partial charge < -0.3 is 15.2 Å². The van der Waals surface area contributed by atoms with Gasteiger partial charge in [0.15, 0.2) is 0 Å². The highest BCUT2D eigenvalue weighted by molar-refractivity contribution is 5.74. The van der Waals surface area contributed by atoms with Gasteiger partial charge in [0, 0.05) is 12.1 Å². The number of ether oxygens (including phenoxy) is 1. The Morgan fingerprint density at radius 3 is 2.62 bits per heavy atom. The molecular weight excluding hydrogens is 170 g/mol. The molecule has 0 spiro atoms. The van der Waals surface area contributed by atoms with E-state index in [2.05, 4.69) is 10.1 Å². The maximum Gasteiger partial charge on any atom is 0.312 e. The minimum Gasteiger partial charge on any atom is -0.469 e. The first-order valence-electron chi connectivity index (χ1n) is 4.58. The zero-order valence-corrected chi connectivity index (χ0v) is 8.28. The smallest absolute Gasteiger partial charge is 0.312 e. The lowest BCUT2D eigenvalue weighted by Gasteiger charge is -2.36. The minimum absolute atomic E-state index is 0.0220. The largest absolute Gasteiger partial charge is 0.469 e. The molecule has 4 nitrogen and oxygen atoms in total. The van der Waals surface area contributed by atoms with Crippen molar-refractivity contribution in [2.45, 2.75) is 38.5 Å². The van der Waals surface area contributed by atoms with Gasteiger partial charge in [-0.2, -0.15) is 0 Å². The molecule has 4 heteroatoms. The van der Waals surface area contributed by atoms with Crippen molar-refractivity contribution in [1.29, 1.82) is 0 Å². The van der Waals surface area contributed by atoms with Crippen molar-refractivity contribution >= 4 is 5.97 Å². The van der Waals surface area contributed by atoms with Crippen molar-refractivity contribution < 1.29 is 14.6 Å². The zero-order chi connectivity index (χ0) is 10.0. The van der Waals surface area contributed by atoms with Crippen LogP contribution in [0.15, 0.2) is 0 Å². The van der Waals surface area contributed by atoms with E-state index in [9.17, 15) is 9.90 Å². The molecule has 1 saturated heterocycles. The number of piperidine rings is 1. The molecule has 1 fully saturated rings. The van der Waals surface area contributed by atoms with Crippen molar-refractivity contribution in [2.24, 2.45) is 5.92 Å². The van der Waals surface area contributed by atoms with Crippen LogP contribution in [0.3, 0.4) is 0 Å². The fourth-order valence-electron chi connectivity index (χ4n) is 1.96. The van der Waals surface area contributed by atoms with Crippen LogP contribution in [0.4, 0.5) is 0 Å². The number of nitrogens with one attached hydrogen (secondary N) is 1. The van der Waals surface area contributed by atoms with Gasteiger partial charge in [-0.25, -0.2) is 0 Å². The van der Waals surface area contributed by atoms with Crippen LogP contribution in [-0.2, 0) is 9.53 Å². The Kier molecular flexibility index (Phi) is 3.27. The van der Waals surface area contributed by atoms with Crippen LogP contribution in [0.2, 0.25) is 0 Å². The second-order valence-corrected chi connectivity index (χ2v) is 3.71. The van der Waals surface area contributed by atoms with Crippen molar-refractivity contribution in [1.82, 2.24) is 5.32 Å². The monoisotopic (exact) mass is 187 g/mol. The van der Waals surface area contributed by atoms with E-state index in [1.54, 1.807) is 0 Å². The van der Waals surface area contributed by atoms with Crippen LogP contribution in [-0.4, -0.2) is 36.4 Å². The number of rotatable bonds is 1. The highest BCUT2D eigenvalue weighted by Gasteiger charge is 2.38. The number of aliphatic hydroxyl groups is 1. The number of carbonyl (C=O) groups excluding carboxylic acids is 1. The fourth-order valence-corrected chi connectivity index (χ4v) is 1.96. The maximum atomic E-state index is 11.3. The third-order valence-electron chi connectivity index (χ3n) is 2.57. The lowest BCUT2D eigenvalue weighted by atomic mass is 9.86. The van der Waals surface area contributed by atoms with Crippen LogP contribution in [0.5, 0.6) is 0 Å². The molecule has 0 radical (unpaired) electrons. The molecule has 4 unspecified atom stereocenters. The summed E-state index contributed by atoms with van der Waals surface area (Å²) in [5.41, 5.74) is 0. The number of methoxy groups -OCH3 is 1. The predicted octanol–water partition coefficient (Wildman–Crippen LogP) is -0.0932. The summed E-state index contributed by atoms with van der Waals surface area (Å²) in [6, 6.07) is 0.233. The predicted molar refractivity (Wildman–Crippen MR) is 48.2 cm³/mol. The molecule has 0 bridgehead atoms. The van der Waals surface area contributed by atoms with E-state index in [4.69, 9.17) is 0 Å². The van der Waals surface area contributed by atoms with Crippen LogP contribution < -0.4 is 5.32 Å². The molecule has 1 aliphatic rings. The summed E-state index contributed by atoms with van der Waals surface area (Å²) in [5, 5.41) is 12.9. The molecule has 0 saturated carbocycles. The van der Waals surface area contributed by atoms with Gasteiger partial charge in [0.05, 0.1) is 19.1 Å². The molecule has 4 atom stereocenters. The topological polar surface area (TPSA) is 58.6 Å². The molecular formula is C9H17NO3. The van der Waals surface area contributed by atoms with Gasteiger partial charge in [-0.15, -0.1) is 0 Å². The number of hydrogen-bond acceptors (Lipinski definition) is 4. The number of carbonyl (C=O) groups is 1. The second kappa shape index (κ2) is 4.07. The summed E-state index contributed by atoms with van der Waals surface area (Å²) in [5.74, 6) is -0.763. The molecule has 1 heterocycles. The average Bonchev–Trinajstić information content (AvgIpc) is 2.02. The molecule has 0 aromatic heterocycles. The molecule has 0 aliphatic carbocycles. The summed E-state index contributed by atoms with van der Waals surface area (Å²) < 4.78 is 4.63. The van der Waals surface area contributed by atoms with Crippen molar-refractivity contribution in [3.05, 3.63) is 0 Å². The number of esters is 1. The molecule has 0 aromatic rings. The van der Waals surface area contributed by atoms with Gasteiger partial charge in [0.1, 0.15) is 0 Å². The number of aliphatic hydroxyl groups excluding tert-OH is 1. The normalized spacial score (nSPS) is 40.0. The van der Waals surface area contributed by atoms with Crippen LogP contribution >= 0.6 is 0 Å². The minimum atomic E-state index is -0.585. The molecule has 0 amide bonds. The fraction of sp³-hybridized carbons (Fsp3) is 0.889. The molecule has 1 aliphatic heterocycles. The SMILES string of the molecule is COC(=O)C1C(O)CC(C)NC1C. The lowest BCUT2D eigenvalue weighted by molar-refractivity contribution is -0.152. The van der Waals surface area contributed by atoms with Gasteiger partial charge in [0.2, 0.25) is 0 Å². The van der Waals surface area contributed by atoms with Gasteiger partial charge in [-0.1, -0.05) is 0 Å². The number of hydrogen-bond donors (Lipinski definition) is 2. The first-order chi connectivity index (χ1) is 6.06. The van der Waals surface area contributed by atoms with Crippen LogP contribution in [0.25, 0.3) is 0 Å². The molecule has 13 heavy (non-hydrogen) atoms. The third kappa shape index (κ3) is 2.19. The maximum absolute atomic E-state index is 11.3. The van der Waals surface area contributed by atoms with E-state index in [0.29, 0.717) is 6.42 Å². The van der Waals surface area contributed by atoms with E-state index in [1.165, 1.54) is 7.11 Å². The average molecular weight is 187 g/mol. The van der Waals surface area contributed by atoms with E-state index in [1.807, 2.05) is 13.8 Å². The van der Waals surface area contributed by atoms with Crippen molar-refractivity contribution in [3.63, 3.8) is 0 Å². The third-order valence-corrected chi connectivity index (χ3v) is 2.57. The van der Waals surface area contributed by atoms with E-state index in [-0.39, 0.29) is 18.1 Å². The quantitative estimate of drug-likeness (QED) is 0.563. The summed E-state index contributed by atoms with van der Waals surface area (Å²) in [6.45, 7) is 3.88. The highest BCUT2D eigenvalue weighted by Crippen LogP contribution is 2.21. The Morgan fingerprint density at radius 1 is 1.54 bits per heavy atom. The first kappa shape index (κ1) is 10.5. The van der Waals surface area contributed by atoms with Gasteiger partial charge in [0.25, 0.3) is 0 Å². The van der Waals surface area contributed by atoms with Crippen molar-refractivity contribution in [3.8, 4) is 0 Å². The Bertz CT molecular complexity index is 183. The molecule has 1 rings (SSSR count). The molecule has 0 aromatic carbocycles. The zero-order valence-electron chi connectivity index (χ0n) is 8.28. The Labute approximate surface area is 78.3 Å². The van der Waals surface area contributed by atoms with Gasteiger partial charge in [-0.05, 0) is 20.3 Å². The first-order valence-corrected chi connectivity index (χ1v) is 4.58. The second-order valence-electron chi connectivity index (χ2n) is 3.71. The van der Waals surface area contributed by atoms with E-state index in [0.717, 1.165) is 0 Å². The molecule has 2 N–H and O–H groups in total. The van der Waals surface area contributed by atoms with E-state index < -0.39 is 12.0 Å². The Hall–Kier alpha value is -0.610. The summed E-state index contributed by atoms with van der Waals surface area (Å²) in [6.07, 6.45) is 0.0168. The summed E-state index contributed by atoms with van der Waals surface area (Å²) in [4.78, 5) is 11.3. The van der Waals surface area contributed by atoms with Crippen LogP contribution in [0.1, 0.15) is 20.3 Å². The highest BCUT2D eigenvalue weighted by atomic mass is 16.5. The van der Waals surface area contributed by atoms with E-state index >= 15 is 0 Å². The van der Waals surface area contributed by atoms with Crippen molar-refractivity contribution in [2.75, 3.05) is 7.11 Å². The summed E-state index contributed by atoms with van der Waals surface area (Å²) >= 11 is 0.